The van der Waals surface area contributed by atoms with Crippen LogP contribution in [0, 0.1) is 0 Å². The Labute approximate surface area is 199 Å². The molecule has 3 aromatic rings. The van der Waals surface area contributed by atoms with Crippen LogP contribution in [0.5, 0.6) is 0 Å². The molecule has 32 heavy (non-hydrogen) atoms. The average molecular weight is 473 g/mol. The number of aromatic amines is 1. The molecule has 2 aliphatic rings. The molecule has 1 aliphatic heterocycles. The van der Waals surface area contributed by atoms with Gasteiger partial charge in [-0.15, -0.1) is 11.3 Å². The minimum Gasteiger partial charge on any atom is -0.375 e. The number of anilines is 2. The van der Waals surface area contributed by atoms with Gasteiger partial charge >= 0.3 is 0 Å². The van der Waals surface area contributed by atoms with Crippen molar-refractivity contribution in [1.82, 2.24) is 19.8 Å². The fourth-order valence-electron chi connectivity index (χ4n) is 5.26. The third kappa shape index (κ3) is 4.49. The van der Waals surface area contributed by atoms with Crippen LogP contribution in [0.15, 0.2) is 24.4 Å². The first-order chi connectivity index (χ1) is 15.6. The molecule has 0 saturated carbocycles. The maximum atomic E-state index is 6.72. The molecule has 6 nitrogen and oxygen atoms in total. The summed E-state index contributed by atoms with van der Waals surface area (Å²) in [6.07, 6.45) is 6.53. The Kier molecular flexibility index (Phi) is 6.60. The molecule has 1 aliphatic carbocycles. The van der Waals surface area contributed by atoms with E-state index in [9.17, 15) is 0 Å². The van der Waals surface area contributed by atoms with Crippen LogP contribution in [0.4, 0.5) is 10.8 Å². The topological polar surface area (TPSA) is 64.4 Å². The number of thiazole rings is 1. The molecule has 8 heteroatoms. The van der Waals surface area contributed by atoms with Crippen LogP contribution in [0.1, 0.15) is 30.3 Å². The second kappa shape index (κ2) is 9.59. The van der Waals surface area contributed by atoms with E-state index in [1.807, 2.05) is 6.20 Å². The molecule has 3 N–H and O–H groups in total. The van der Waals surface area contributed by atoms with E-state index in [-0.39, 0.29) is 0 Å². The maximum Gasteiger partial charge on any atom is 0.180 e. The molecule has 0 unspecified atom stereocenters. The number of benzene rings is 1. The van der Waals surface area contributed by atoms with Gasteiger partial charge in [0.05, 0.1) is 16.4 Å². The van der Waals surface area contributed by atoms with Gasteiger partial charge in [-0.05, 0) is 50.4 Å². The van der Waals surface area contributed by atoms with Crippen LogP contribution in [0.25, 0.3) is 10.9 Å². The minimum atomic E-state index is 0.621. The highest BCUT2D eigenvalue weighted by molar-refractivity contribution is 7.15. The number of nitrogens with one attached hydrogen (secondary N) is 1. The van der Waals surface area contributed by atoms with Crippen molar-refractivity contribution in [2.24, 2.45) is 0 Å². The summed E-state index contributed by atoms with van der Waals surface area (Å²) in [6, 6.07) is 6.98. The predicted octanol–water partition coefficient (Wildman–Crippen LogP) is 4.25. The fraction of sp³-hybridized carbons (Fsp3) is 0.542. The van der Waals surface area contributed by atoms with Crippen molar-refractivity contribution in [3.8, 4) is 0 Å². The molecular weight excluding hydrogens is 440 g/mol. The van der Waals surface area contributed by atoms with E-state index in [4.69, 9.17) is 17.3 Å². The van der Waals surface area contributed by atoms with E-state index in [1.165, 1.54) is 30.0 Å². The van der Waals surface area contributed by atoms with Crippen molar-refractivity contribution >= 4 is 44.7 Å². The van der Waals surface area contributed by atoms with Gasteiger partial charge in [0.2, 0.25) is 0 Å². The largest absolute Gasteiger partial charge is 0.375 e. The fourth-order valence-corrected chi connectivity index (χ4v) is 6.56. The van der Waals surface area contributed by atoms with E-state index >= 15 is 0 Å². The Morgan fingerprint density at radius 2 is 2.06 bits per heavy atom. The van der Waals surface area contributed by atoms with Crippen molar-refractivity contribution in [2.75, 3.05) is 56.4 Å². The second-order valence-electron chi connectivity index (χ2n) is 9.02. The van der Waals surface area contributed by atoms with Gasteiger partial charge in [0.1, 0.15) is 0 Å². The Balaban J connectivity index is 1.16. The summed E-state index contributed by atoms with van der Waals surface area (Å²) in [5.74, 6) is 0. The van der Waals surface area contributed by atoms with Gasteiger partial charge in [0, 0.05) is 67.3 Å². The molecule has 0 bridgehead atoms. The summed E-state index contributed by atoms with van der Waals surface area (Å²) in [4.78, 5) is 16.9. The van der Waals surface area contributed by atoms with E-state index < -0.39 is 0 Å². The lowest BCUT2D eigenvalue weighted by atomic mass is 9.96. The molecule has 2 aromatic heterocycles. The Bertz CT molecular complexity index is 1050. The average Bonchev–Trinajstić information content (AvgIpc) is 3.43. The summed E-state index contributed by atoms with van der Waals surface area (Å²) >= 11 is 8.41. The van der Waals surface area contributed by atoms with Gasteiger partial charge in [-0.25, -0.2) is 4.98 Å². The lowest BCUT2D eigenvalue weighted by molar-refractivity contribution is 0.146. The monoisotopic (exact) mass is 472 g/mol. The number of nitrogens with two attached hydrogens (primary N) is 1. The maximum absolute atomic E-state index is 6.72. The van der Waals surface area contributed by atoms with Gasteiger partial charge < -0.3 is 15.6 Å². The van der Waals surface area contributed by atoms with E-state index in [0.29, 0.717) is 6.04 Å². The van der Waals surface area contributed by atoms with Gasteiger partial charge in [-0.2, -0.15) is 0 Å². The normalized spacial score (nSPS) is 19.7. The van der Waals surface area contributed by atoms with Crippen LogP contribution in [0.3, 0.4) is 0 Å². The molecule has 1 fully saturated rings. The highest BCUT2D eigenvalue weighted by Gasteiger charge is 2.27. The summed E-state index contributed by atoms with van der Waals surface area (Å²) in [6.45, 7) is 9.94. The summed E-state index contributed by atoms with van der Waals surface area (Å²) in [5, 5.41) is 2.71. The Morgan fingerprint density at radius 3 is 2.88 bits per heavy atom. The number of nitrogens with zero attached hydrogens (tertiary/aromatic N) is 4. The van der Waals surface area contributed by atoms with Crippen LogP contribution < -0.4 is 10.6 Å². The number of halogens is 1. The third-order valence-electron chi connectivity index (χ3n) is 7.02. The van der Waals surface area contributed by atoms with Crippen molar-refractivity contribution in [3.63, 3.8) is 0 Å². The Morgan fingerprint density at radius 1 is 1.22 bits per heavy atom. The van der Waals surface area contributed by atoms with Gasteiger partial charge in [0.15, 0.2) is 5.13 Å². The van der Waals surface area contributed by atoms with Crippen molar-refractivity contribution < 1.29 is 0 Å². The first-order valence-corrected chi connectivity index (χ1v) is 13.0. The number of hydrogen-bond donors (Lipinski definition) is 2. The third-order valence-corrected chi connectivity index (χ3v) is 8.37. The zero-order valence-electron chi connectivity index (χ0n) is 18.8. The number of aryl methyl sites for hydroxylation is 1. The van der Waals surface area contributed by atoms with Crippen molar-refractivity contribution in [1.29, 1.82) is 0 Å². The quantitative estimate of drug-likeness (QED) is 0.538. The number of fused-ring (bicyclic) bond motifs is 2. The molecule has 1 saturated heterocycles. The molecule has 5 rings (SSSR count). The molecule has 0 spiro atoms. The van der Waals surface area contributed by atoms with E-state index in [1.54, 1.807) is 11.3 Å². The van der Waals surface area contributed by atoms with Crippen LogP contribution in [0.2, 0.25) is 5.02 Å². The van der Waals surface area contributed by atoms with Crippen LogP contribution >= 0.6 is 22.9 Å². The number of nitrogen functional groups attached to an aromatic ring is 1. The van der Waals surface area contributed by atoms with E-state index in [0.717, 1.165) is 78.9 Å². The van der Waals surface area contributed by atoms with Crippen LogP contribution in [-0.4, -0.2) is 71.6 Å². The summed E-state index contributed by atoms with van der Waals surface area (Å²) < 4.78 is 0. The summed E-state index contributed by atoms with van der Waals surface area (Å²) in [5.41, 5.74) is 9.46. The lowest BCUT2D eigenvalue weighted by Crippen LogP contribution is -2.50. The highest BCUT2D eigenvalue weighted by atomic mass is 35.5. The zero-order chi connectivity index (χ0) is 22.1. The number of rotatable bonds is 7. The lowest BCUT2D eigenvalue weighted by Gasteiger charge is -2.39. The first kappa shape index (κ1) is 22.0. The van der Waals surface area contributed by atoms with Gasteiger partial charge in [-0.3, -0.25) is 9.80 Å². The number of aromatic nitrogens is 2. The Hall–Kier alpha value is -1.80. The molecular formula is C24H33ClN6S. The molecule has 0 radical (unpaired) electrons. The smallest absolute Gasteiger partial charge is 0.180 e. The number of piperazine rings is 1. The predicted molar refractivity (Wildman–Crippen MR) is 136 cm³/mol. The molecule has 0 amide bonds. The molecule has 1 aromatic carbocycles. The second-order valence-corrected chi connectivity index (χ2v) is 10.5. The molecule has 172 valence electrons. The number of hydrogen-bond acceptors (Lipinski definition) is 6. The number of H-pyrrole nitrogens is 1. The first-order valence-electron chi connectivity index (χ1n) is 11.8. The SMILES string of the molecule is CCCN(CCN1CCN(c2ccc3[nH]ccc3c2Cl)CC1)[C@H]1CCc2nc(N)sc2C1. The van der Waals surface area contributed by atoms with Crippen molar-refractivity contribution in [3.05, 3.63) is 40.0 Å². The summed E-state index contributed by atoms with van der Waals surface area (Å²) in [7, 11) is 0. The molecule has 3 heterocycles. The van der Waals surface area contributed by atoms with E-state index in [2.05, 4.69) is 49.8 Å². The van der Waals surface area contributed by atoms with Gasteiger partial charge in [0.25, 0.3) is 0 Å². The van der Waals surface area contributed by atoms with Gasteiger partial charge in [-0.1, -0.05) is 18.5 Å². The standard InChI is InChI=1S/C24H33ClN6S/c1-2-9-30(17-3-4-20-22(16-17)32-24(26)28-20)13-10-29-11-14-31(15-12-29)21-6-5-19-18(23(21)25)7-8-27-19/h5-8,17,27H,2-4,9-16H2,1H3,(H2,26,28)/t17-/m0/s1. The zero-order valence-corrected chi connectivity index (χ0v) is 20.4. The molecule has 1 atom stereocenters. The highest BCUT2D eigenvalue weighted by Crippen LogP contribution is 2.34. The van der Waals surface area contributed by atoms with Crippen molar-refractivity contribution in [2.45, 2.75) is 38.6 Å². The van der Waals surface area contributed by atoms with Crippen LogP contribution in [-0.2, 0) is 12.8 Å². The minimum absolute atomic E-state index is 0.621.